The summed E-state index contributed by atoms with van der Waals surface area (Å²) in [4.78, 5) is 43.6. The lowest BCUT2D eigenvalue weighted by Crippen LogP contribution is -2.46. The number of hydrogen-bond donors (Lipinski definition) is 3. The third-order valence-corrected chi connectivity index (χ3v) is 8.72. The molecule has 5 rings (SSSR count). The number of imide groups is 1. The van der Waals surface area contributed by atoms with E-state index in [1.54, 1.807) is 18.3 Å². The van der Waals surface area contributed by atoms with E-state index in [1.165, 1.54) is 4.90 Å². The highest BCUT2D eigenvalue weighted by Gasteiger charge is 2.56. The largest absolute Gasteiger partial charge is 0.508 e. The Labute approximate surface area is 246 Å². The van der Waals surface area contributed by atoms with Crippen LogP contribution in [0.1, 0.15) is 63.1 Å². The van der Waals surface area contributed by atoms with Crippen molar-refractivity contribution in [2.45, 2.75) is 64.3 Å². The molecule has 0 unspecified atom stereocenters. The Hall–Kier alpha value is -3.76. The van der Waals surface area contributed by atoms with Crippen LogP contribution in [0.15, 0.2) is 59.8 Å². The van der Waals surface area contributed by atoms with E-state index in [1.807, 2.05) is 43.3 Å². The van der Waals surface area contributed by atoms with Crippen LogP contribution in [-0.4, -0.2) is 62.7 Å². The second-order valence-electron chi connectivity index (χ2n) is 11.5. The molecule has 2 amide bonds. The van der Waals surface area contributed by atoms with Gasteiger partial charge < -0.3 is 19.9 Å². The van der Waals surface area contributed by atoms with E-state index < -0.39 is 31.0 Å². The number of allylic oxidation sites excluding steroid dienone is 2. The number of aliphatic carboxylic acids is 1. The van der Waals surface area contributed by atoms with Crippen molar-refractivity contribution in [2.24, 2.45) is 17.8 Å². The summed E-state index contributed by atoms with van der Waals surface area (Å²) in [5, 5.41) is 29.3. The molecular weight excluding hydrogens is 535 g/mol. The maximum absolute atomic E-state index is 13.6. The Bertz CT molecular complexity index is 1370. The number of phenolic OH excluding ortho intramolecular Hbond substituents is 1. The summed E-state index contributed by atoms with van der Waals surface area (Å²) in [6.07, 6.45) is 7.09. The van der Waals surface area contributed by atoms with Gasteiger partial charge in [-0.1, -0.05) is 30.2 Å². The number of unbranched alkanes of at least 4 members (excludes halogenated alkanes) is 2. The predicted octanol–water partition coefficient (Wildman–Crippen LogP) is 4.57. The van der Waals surface area contributed by atoms with Crippen molar-refractivity contribution < 1.29 is 34.3 Å². The monoisotopic (exact) mass is 572 g/mol. The van der Waals surface area contributed by atoms with Crippen LogP contribution in [0, 0.1) is 17.8 Å². The lowest BCUT2D eigenvalue weighted by atomic mass is 9.58. The van der Waals surface area contributed by atoms with Crippen LogP contribution in [-0.2, 0) is 19.0 Å². The number of benzene rings is 1. The minimum Gasteiger partial charge on any atom is -0.508 e. The number of phenols is 1. The number of nitrogens with zero attached hydrogens (tertiary/aromatic N) is 2. The van der Waals surface area contributed by atoms with E-state index in [2.05, 4.69) is 4.98 Å². The fraction of sp³-hybridized carbons (Fsp3) is 0.438. The van der Waals surface area contributed by atoms with Gasteiger partial charge in [-0.15, -0.1) is 0 Å². The summed E-state index contributed by atoms with van der Waals surface area (Å²) in [6.45, 7) is 2.30. The van der Waals surface area contributed by atoms with E-state index in [-0.39, 0.29) is 36.2 Å². The molecule has 2 saturated heterocycles. The molecule has 2 fully saturated rings. The molecule has 42 heavy (non-hydrogen) atoms. The van der Waals surface area contributed by atoms with Gasteiger partial charge in [0, 0.05) is 19.2 Å². The number of aromatic nitrogens is 1. The van der Waals surface area contributed by atoms with Crippen LogP contribution < -0.4 is 0 Å². The van der Waals surface area contributed by atoms with Gasteiger partial charge in [0.2, 0.25) is 11.8 Å². The first-order chi connectivity index (χ1) is 20.2. The number of amides is 2. The molecule has 3 heterocycles. The molecule has 9 nitrogen and oxygen atoms in total. The van der Waals surface area contributed by atoms with Gasteiger partial charge in [0.1, 0.15) is 5.75 Å². The first kappa shape index (κ1) is 29.7. The van der Waals surface area contributed by atoms with Crippen molar-refractivity contribution in [3.8, 4) is 5.75 Å². The average molecular weight is 572 g/mol. The average Bonchev–Trinajstić information content (AvgIpc) is 3.20. The van der Waals surface area contributed by atoms with Gasteiger partial charge in [-0.25, -0.2) is 0 Å². The number of carboxylic acid groups (broad SMARTS) is 1. The zero-order valence-corrected chi connectivity index (χ0v) is 23.8. The number of carbonyl (C=O) groups excluding carboxylic acids is 2. The first-order valence-corrected chi connectivity index (χ1v) is 14.7. The van der Waals surface area contributed by atoms with Gasteiger partial charge >= 0.3 is 13.1 Å². The Kier molecular flexibility index (Phi) is 9.23. The highest BCUT2D eigenvalue weighted by Crippen LogP contribution is 2.50. The molecule has 0 radical (unpaired) electrons. The molecule has 4 atom stereocenters. The predicted molar refractivity (Wildman–Crippen MR) is 158 cm³/mol. The minimum atomic E-state index is -1.04. The standard InChI is InChI=1S/C32H37BN2O7/c1-20-17-24-30(32(40)35(31(24)39)16-6-2-3-8-28(37)38)25-19-33(41)42-27(29(20)25)14-11-22(26-7-4-5-15-34-26)18-21-9-12-23(36)13-10-21/h4-5,7,9-10,12-13,15,18,24-25,27,30,36,41H,2-3,6,8,11,14,16-17,19H2,1H3,(H,37,38)/b22-18-/t24-,25+,27-,30-/m1/s1. The normalized spacial score (nSPS) is 24.2. The Morgan fingerprint density at radius 1 is 1.07 bits per heavy atom. The number of carboxylic acids is 1. The highest BCUT2D eigenvalue weighted by atomic mass is 16.5. The van der Waals surface area contributed by atoms with Crippen LogP contribution in [0.25, 0.3) is 11.6 Å². The summed E-state index contributed by atoms with van der Waals surface area (Å²) in [5.41, 5.74) is 4.79. The number of likely N-dealkylation sites (tertiary alicyclic amines) is 1. The first-order valence-electron chi connectivity index (χ1n) is 14.7. The SMILES string of the molecule is CC1=C2[C@@H](CC/C(=C/c3ccc(O)cc3)c3ccccn3)OB(O)C[C@@H]2[C@@H]2C(=O)N(CCCCCC(=O)O)C(=O)[C@@H]2C1. The van der Waals surface area contributed by atoms with E-state index >= 15 is 0 Å². The smallest absolute Gasteiger partial charge is 0.455 e. The Morgan fingerprint density at radius 3 is 2.57 bits per heavy atom. The lowest BCUT2D eigenvalue weighted by Gasteiger charge is -2.42. The molecule has 0 bridgehead atoms. The summed E-state index contributed by atoms with van der Waals surface area (Å²) in [5.74, 6) is -2.23. The van der Waals surface area contributed by atoms with Gasteiger partial charge in [0.25, 0.3) is 0 Å². The molecule has 220 valence electrons. The molecule has 2 aromatic rings. The molecule has 0 saturated carbocycles. The molecule has 10 heteroatoms. The fourth-order valence-corrected chi connectivity index (χ4v) is 6.81. The number of rotatable bonds is 11. The lowest BCUT2D eigenvalue weighted by molar-refractivity contribution is -0.141. The summed E-state index contributed by atoms with van der Waals surface area (Å²) < 4.78 is 6.09. The van der Waals surface area contributed by atoms with Gasteiger partial charge in [0.15, 0.2) is 0 Å². The van der Waals surface area contributed by atoms with Gasteiger partial charge in [-0.2, -0.15) is 0 Å². The molecule has 3 aliphatic rings. The molecule has 1 aromatic carbocycles. The van der Waals surface area contributed by atoms with Crippen LogP contribution in [0.3, 0.4) is 0 Å². The van der Waals surface area contributed by atoms with Crippen molar-refractivity contribution in [1.29, 1.82) is 0 Å². The van der Waals surface area contributed by atoms with E-state index in [0.717, 1.165) is 28.0 Å². The Balaban J connectivity index is 1.33. The molecular formula is C32H37BN2O7. The van der Waals surface area contributed by atoms with Gasteiger partial charge in [0.05, 0.1) is 23.6 Å². The minimum absolute atomic E-state index is 0.0765. The maximum Gasteiger partial charge on any atom is 0.455 e. The third-order valence-electron chi connectivity index (χ3n) is 8.72. The molecule has 3 N–H and O–H groups in total. The number of pyridine rings is 1. The number of carbonyl (C=O) groups is 3. The van der Waals surface area contributed by atoms with E-state index in [9.17, 15) is 24.5 Å². The van der Waals surface area contributed by atoms with Gasteiger partial charge in [-0.3, -0.25) is 24.3 Å². The van der Waals surface area contributed by atoms with Crippen molar-refractivity contribution in [1.82, 2.24) is 9.88 Å². The summed E-state index contributed by atoms with van der Waals surface area (Å²) in [6, 6.07) is 12.7. The van der Waals surface area contributed by atoms with Crippen molar-refractivity contribution in [3.63, 3.8) is 0 Å². The van der Waals surface area contributed by atoms with Crippen LogP contribution >= 0.6 is 0 Å². The summed E-state index contributed by atoms with van der Waals surface area (Å²) >= 11 is 0. The molecule has 1 aliphatic carbocycles. The Morgan fingerprint density at radius 2 is 1.86 bits per heavy atom. The second-order valence-corrected chi connectivity index (χ2v) is 11.5. The molecule has 0 spiro atoms. The zero-order valence-electron chi connectivity index (χ0n) is 23.8. The number of aromatic hydroxyl groups is 1. The van der Waals surface area contributed by atoms with Gasteiger partial charge in [-0.05, 0) is 98.3 Å². The maximum atomic E-state index is 13.6. The number of hydrogen-bond acceptors (Lipinski definition) is 7. The van der Waals surface area contributed by atoms with Crippen LogP contribution in [0.4, 0.5) is 0 Å². The zero-order chi connectivity index (χ0) is 29.8. The third kappa shape index (κ3) is 6.50. The summed E-state index contributed by atoms with van der Waals surface area (Å²) in [7, 11) is -1.04. The topological polar surface area (TPSA) is 137 Å². The van der Waals surface area contributed by atoms with Crippen molar-refractivity contribution in [2.75, 3.05) is 6.54 Å². The number of fused-ring (bicyclic) bond motifs is 3. The quantitative estimate of drug-likeness (QED) is 0.154. The highest BCUT2D eigenvalue weighted by molar-refractivity contribution is 6.43. The van der Waals surface area contributed by atoms with E-state index in [4.69, 9.17) is 9.76 Å². The van der Waals surface area contributed by atoms with Crippen molar-refractivity contribution in [3.05, 3.63) is 71.1 Å². The van der Waals surface area contributed by atoms with Crippen molar-refractivity contribution >= 4 is 36.6 Å². The molecule has 2 aliphatic heterocycles. The fourth-order valence-electron chi connectivity index (χ4n) is 6.81. The second kappa shape index (κ2) is 13.0. The van der Waals surface area contributed by atoms with Crippen LogP contribution in [0.5, 0.6) is 5.75 Å². The molecule has 1 aromatic heterocycles. The van der Waals surface area contributed by atoms with E-state index in [0.29, 0.717) is 45.1 Å². The van der Waals surface area contributed by atoms with Crippen LogP contribution in [0.2, 0.25) is 6.32 Å².